The van der Waals surface area contributed by atoms with E-state index in [0.29, 0.717) is 49.5 Å². The van der Waals surface area contributed by atoms with Gasteiger partial charge in [0.1, 0.15) is 0 Å². The lowest BCUT2D eigenvalue weighted by molar-refractivity contribution is -0.123. The molecule has 0 atom stereocenters. The summed E-state index contributed by atoms with van der Waals surface area (Å²) in [5, 5.41) is 6.25. The van der Waals surface area contributed by atoms with Gasteiger partial charge in [-0.3, -0.25) is 14.4 Å². The Morgan fingerprint density at radius 3 is 2.43 bits per heavy atom. The third-order valence-corrected chi connectivity index (χ3v) is 5.85. The maximum Gasteiger partial charge on any atom is 0.255 e. The molecule has 152 valence electrons. The van der Waals surface area contributed by atoms with Gasteiger partial charge in [-0.2, -0.15) is 0 Å². The molecule has 0 spiro atoms. The monoisotopic (exact) mass is 386 g/mol. The number of nitrogens with one attached hydrogen (secondary N) is 2. The molecule has 28 heavy (non-hydrogen) atoms. The van der Waals surface area contributed by atoms with Crippen molar-refractivity contribution in [1.82, 2.24) is 10.2 Å². The van der Waals surface area contributed by atoms with Gasteiger partial charge in [-0.25, -0.2) is 0 Å². The predicted molar refractivity (Wildman–Crippen MR) is 108 cm³/mol. The van der Waals surface area contributed by atoms with Crippen molar-refractivity contribution in [3.8, 4) is 0 Å². The van der Waals surface area contributed by atoms with Gasteiger partial charge >= 0.3 is 0 Å². The summed E-state index contributed by atoms with van der Waals surface area (Å²) in [4.78, 5) is 38.4. The van der Waals surface area contributed by atoms with Crippen LogP contribution in [0, 0.1) is 11.8 Å². The van der Waals surface area contributed by atoms with Crippen LogP contribution < -0.4 is 16.4 Å². The number of nitrogens with zero attached hydrogens (tertiary/aromatic N) is 1. The molecule has 4 N–H and O–H groups in total. The molecule has 2 heterocycles. The fraction of sp³-hybridized carbons (Fsp3) is 0.571. The third-order valence-electron chi connectivity index (χ3n) is 5.85. The van der Waals surface area contributed by atoms with Crippen molar-refractivity contribution in [2.24, 2.45) is 17.6 Å². The predicted octanol–water partition coefficient (Wildman–Crippen LogP) is 1.74. The molecule has 0 saturated carbocycles. The Labute approximate surface area is 166 Å². The van der Waals surface area contributed by atoms with E-state index in [9.17, 15) is 14.4 Å². The van der Waals surface area contributed by atoms with E-state index < -0.39 is 0 Å². The molecule has 2 saturated heterocycles. The summed E-state index contributed by atoms with van der Waals surface area (Å²) >= 11 is 0. The lowest BCUT2D eigenvalue weighted by Crippen LogP contribution is -2.42. The summed E-state index contributed by atoms with van der Waals surface area (Å²) in [5.74, 6) is -0.0266. The van der Waals surface area contributed by atoms with Gasteiger partial charge in [0.05, 0.1) is 11.3 Å². The van der Waals surface area contributed by atoms with E-state index in [1.807, 2.05) is 6.07 Å². The minimum Gasteiger partial charge on any atom is -0.369 e. The topological polar surface area (TPSA) is 105 Å². The van der Waals surface area contributed by atoms with Crippen molar-refractivity contribution in [3.63, 3.8) is 0 Å². The number of benzene rings is 1. The molecule has 1 aromatic carbocycles. The summed E-state index contributed by atoms with van der Waals surface area (Å²) < 4.78 is 0. The van der Waals surface area contributed by atoms with Crippen LogP contribution in [-0.4, -0.2) is 48.8 Å². The van der Waals surface area contributed by atoms with Gasteiger partial charge in [-0.05, 0) is 63.2 Å². The first-order chi connectivity index (χ1) is 13.5. The number of piperidine rings is 2. The van der Waals surface area contributed by atoms with Crippen molar-refractivity contribution in [2.75, 3.05) is 31.5 Å². The third kappa shape index (κ3) is 5.32. The summed E-state index contributed by atoms with van der Waals surface area (Å²) in [6.45, 7) is 3.06. The molecule has 2 fully saturated rings. The minimum absolute atomic E-state index is 0.0498. The van der Waals surface area contributed by atoms with Crippen LogP contribution in [0.15, 0.2) is 24.3 Å². The first-order valence-electron chi connectivity index (χ1n) is 10.2. The Morgan fingerprint density at radius 2 is 1.75 bits per heavy atom. The van der Waals surface area contributed by atoms with Crippen LogP contribution in [0.25, 0.3) is 0 Å². The number of para-hydroxylation sites is 1. The van der Waals surface area contributed by atoms with Gasteiger partial charge in [0.2, 0.25) is 11.8 Å². The standard InChI is InChI=1S/C21H30N4O3/c22-20(27)16-9-13-25(14-10-16)21(28)17-3-1-2-4-18(17)24-19(26)6-5-15-7-11-23-12-8-15/h1-4,15-16,23H,5-14H2,(H2,22,27)(H,24,26). The first kappa shape index (κ1) is 20.3. The number of carbonyl (C=O) groups is 3. The molecule has 7 heteroatoms. The molecule has 0 bridgehead atoms. The molecule has 0 radical (unpaired) electrons. The molecular formula is C21H30N4O3. The fourth-order valence-corrected chi connectivity index (χ4v) is 4.03. The molecule has 1 aromatic rings. The van der Waals surface area contributed by atoms with Crippen molar-refractivity contribution >= 4 is 23.4 Å². The minimum atomic E-state index is -0.298. The Kier molecular flexibility index (Phi) is 7.03. The number of anilines is 1. The highest BCUT2D eigenvalue weighted by Gasteiger charge is 2.27. The van der Waals surface area contributed by atoms with Gasteiger partial charge < -0.3 is 21.3 Å². The number of rotatable bonds is 6. The Morgan fingerprint density at radius 1 is 1.07 bits per heavy atom. The van der Waals surface area contributed by atoms with E-state index in [-0.39, 0.29) is 23.6 Å². The van der Waals surface area contributed by atoms with E-state index in [4.69, 9.17) is 5.73 Å². The zero-order valence-electron chi connectivity index (χ0n) is 16.3. The second-order valence-electron chi connectivity index (χ2n) is 7.79. The summed E-state index contributed by atoms with van der Waals surface area (Å²) in [7, 11) is 0. The largest absolute Gasteiger partial charge is 0.369 e. The van der Waals surface area contributed by atoms with Gasteiger partial charge in [-0.1, -0.05) is 12.1 Å². The van der Waals surface area contributed by atoms with Crippen LogP contribution >= 0.6 is 0 Å². The van der Waals surface area contributed by atoms with Gasteiger partial charge in [0.25, 0.3) is 5.91 Å². The number of carbonyl (C=O) groups excluding carboxylic acids is 3. The second kappa shape index (κ2) is 9.68. The van der Waals surface area contributed by atoms with Gasteiger partial charge in [0.15, 0.2) is 0 Å². The number of hydrogen-bond acceptors (Lipinski definition) is 4. The lowest BCUT2D eigenvalue weighted by atomic mass is 9.93. The summed E-state index contributed by atoms with van der Waals surface area (Å²) in [6, 6.07) is 7.13. The van der Waals surface area contributed by atoms with Crippen LogP contribution in [-0.2, 0) is 9.59 Å². The van der Waals surface area contributed by atoms with Crippen molar-refractivity contribution in [2.45, 2.75) is 38.5 Å². The molecular weight excluding hydrogens is 356 g/mol. The zero-order valence-corrected chi connectivity index (χ0v) is 16.3. The van der Waals surface area contributed by atoms with Crippen molar-refractivity contribution in [1.29, 1.82) is 0 Å². The first-order valence-corrected chi connectivity index (χ1v) is 10.2. The van der Waals surface area contributed by atoms with Crippen molar-refractivity contribution < 1.29 is 14.4 Å². The lowest BCUT2D eigenvalue weighted by Gasteiger charge is -2.31. The number of likely N-dealkylation sites (tertiary alicyclic amines) is 1. The van der Waals surface area contributed by atoms with Crippen LogP contribution in [0.3, 0.4) is 0 Å². The Bertz CT molecular complexity index is 707. The van der Waals surface area contributed by atoms with Crippen molar-refractivity contribution in [3.05, 3.63) is 29.8 Å². The Balaban J connectivity index is 1.57. The molecule has 2 aliphatic heterocycles. The average molecular weight is 386 g/mol. The van der Waals surface area contributed by atoms with E-state index in [1.54, 1.807) is 23.1 Å². The molecule has 3 amide bonds. The summed E-state index contributed by atoms with van der Waals surface area (Å²) in [6.07, 6.45) is 4.76. The highest BCUT2D eigenvalue weighted by molar-refractivity contribution is 6.03. The maximum absolute atomic E-state index is 12.9. The normalized spacial score (nSPS) is 18.6. The van der Waals surface area contributed by atoms with E-state index >= 15 is 0 Å². The molecule has 3 rings (SSSR count). The van der Waals surface area contributed by atoms with Crippen LogP contribution in [0.5, 0.6) is 0 Å². The quantitative estimate of drug-likeness (QED) is 0.693. The number of primary amides is 1. The molecule has 0 aromatic heterocycles. The van der Waals surface area contributed by atoms with E-state index in [2.05, 4.69) is 10.6 Å². The molecule has 7 nitrogen and oxygen atoms in total. The number of hydrogen-bond donors (Lipinski definition) is 3. The van der Waals surface area contributed by atoms with Crippen LogP contribution in [0.4, 0.5) is 5.69 Å². The smallest absolute Gasteiger partial charge is 0.255 e. The van der Waals surface area contributed by atoms with E-state index in [1.165, 1.54) is 0 Å². The van der Waals surface area contributed by atoms with E-state index in [0.717, 1.165) is 32.4 Å². The highest BCUT2D eigenvalue weighted by atomic mass is 16.2. The SMILES string of the molecule is NC(=O)C1CCN(C(=O)c2ccccc2NC(=O)CCC2CCNCC2)CC1. The maximum atomic E-state index is 12.9. The molecule has 0 aliphatic carbocycles. The summed E-state index contributed by atoms with van der Waals surface area (Å²) in [5.41, 5.74) is 6.42. The number of nitrogens with two attached hydrogens (primary N) is 1. The zero-order chi connectivity index (χ0) is 19.9. The second-order valence-corrected chi connectivity index (χ2v) is 7.79. The fourth-order valence-electron chi connectivity index (χ4n) is 4.03. The van der Waals surface area contributed by atoms with Crippen LogP contribution in [0.1, 0.15) is 48.9 Å². The van der Waals surface area contributed by atoms with Crippen LogP contribution in [0.2, 0.25) is 0 Å². The molecule has 0 unspecified atom stereocenters. The highest BCUT2D eigenvalue weighted by Crippen LogP contribution is 2.23. The number of amides is 3. The van der Waals surface area contributed by atoms with Gasteiger partial charge in [-0.15, -0.1) is 0 Å². The average Bonchev–Trinajstić information content (AvgIpc) is 2.73. The molecule has 2 aliphatic rings. The van der Waals surface area contributed by atoms with Gasteiger partial charge in [0, 0.05) is 25.4 Å². The Hall–Kier alpha value is -2.41.